The molecule has 2 rings (SSSR count). The third kappa shape index (κ3) is 3.04. The van der Waals surface area contributed by atoms with Crippen LogP contribution < -0.4 is 10.6 Å². The molecule has 6 heteroatoms. The number of amides is 1. The molecule has 98 valence electrons. The summed E-state index contributed by atoms with van der Waals surface area (Å²) >= 11 is 0. The van der Waals surface area contributed by atoms with E-state index in [1.165, 1.54) is 18.3 Å². The summed E-state index contributed by atoms with van der Waals surface area (Å²) in [6, 6.07) is 4.40. The average Bonchev–Trinajstić information content (AvgIpc) is 2.41. The molecule has 0 bridgehead atoms. The van der Waals surface area contributed by atoms with Crippen LogP contribution in [0.15, 0.2) is 30.6 Å². The van der Waals surface area contributed by atoms with Crippen molar-refractivity contribution in [1.82, 2.24) is 9.97 Å². The minimum atomic E-state index is -0.453. The number of hydrogen-bond acceptors (Lipinski definition) is 4. The van der Waals surface area contributed by atoms with Crippen molar-refractivity contribution in [1.29, 1.82) is 0 Å². The van der Waals surface area contributed by atoms with E-state index in [1.54, 1.807) is 13.1 Å². The van der Waals surface area contributed by atoms with Crippen LogP contribution in [0.5, 0.6) is 0 Å². The van der Waals surface area contributed by atoms with Gasteiger partial charge in [0.1, 0.15) is 11.6 Å². The monoisotopic (exact) mass is 260 g/mol. The van der Waals surface area contributed by atoms with Crippen molar-refractivity contribution in [3.8, 4) is 0 Å². The van der Waals surface area contributed by atoms with E-state index >= 15 is 0 Å². The van der Waals surface area contributed by atoms with Gasteiger partial charge in [0.05, 0.1) is 17.4 Å². The number of nitrogens with zero attached hydrogens (tertiary/aromatic N) is 2. The summed E-state index contributed by atoms with van der Waals surface area (Å²) in [5.41, 5.74) is 1.88. The first-order chi connectivity index (χ1) is 9.10. The van der Waals surface area contributed by atoms with Gasteiger partial charge in [0.2, 0.25) is 0 Å². The van der Waals surface area contributed by atoms with Crippen LogP contribution in [0.1, 0.15) is 16.1 Å². The second kappa shape index (κ2) is 5.43. The summed E-state index contributed by atoms with van der Waals surface area (Å²) in [5, 5.41) is 5.51. The van der Waals surface area contributed by atoms with Gasteiger partial charge in [-0.3, -0.25) is 9.78 Å². The first kappa shape index (κ1) is 12.9. The predicted octanol–water partition coefficient (Wildman–Crippen LogP) is 2.22. The third-order valence-electron chi connectivity index (χ3n) is 2.52. The second-order valence-corrected chi connectivity index (χ2v) is 3.94. The fourth-order valence-corrected chi connectivity index (χ4v) is 1.58. The molecule has 19 heavy (non-hydrogen) atoms. The fraction of sp³-hybridized carbons (Fsp3) is 0.154. The van der Waals surface area contributed by atoms with E-state index in [1.807, 2.05) is 6.92 Å². The Morgan fingerprint density at radius 1 is 1.26 bits per heavy atom. The Hall–Kier alpha value is -2.50. The van der Waals surface area contributed by atoms with Gasteiger partial charge in [-0.15, -0.1) is 0 Å². The largest absolute Gasteiger partial charge is 0.387 e. The molecule has 2 aromatic rings. The molecule has 5 nitrogen and oxygen atoms in total. The zero-order chi connectivity index (χ0) is 13.8. The molecule has 0 aliphatic carbocycles. The van der Waals surface area contributed by atoms with E-state index in [0.29, 0.717) is 11.3 Å². The van der Waals surface area contributed by atoms with Gasteiger partial charge in [0.25, 0.3) is 5.91 Å². The smallest absolute Gasteiger partial charge is 0.260 e. The predicted molar refractivity (Wildman–Crippen MR) is 70.7 cm³/mol. The molecule has 0 atom stereocenters. The highest BCUT2D eigenvalue weighted by Gasteiger charge is 2.12. The lowest BCUT2D eigenvalue weighted by Gasteiger charge is -2.09. The van der Waals surface area contributed by atoms with Crippen LogP contribution in [0.2, 0.25) is 0 Å². The molecule has 0 radical (unpaired) electrons. The minimum absolute atomic E-state index is 0.286. The van der Waals surface area contributed by atoms with Crippen molar-refractivity contribution in [3.63, 3.8) is 0 Å². The van der Waals surface area contributed by atoms with E-state index in [4.69, 9.17) is 0 Å². The number of halogens is 1. The first-order valence-electron chi connectivity index (χ1n) is 5.67. The molecule has 0 unspecified atom stereocenters. The number of pyridine rings is 2. The standard InChI is InChI=1S/C13H13FN4O/c1-8-5-11(15-2)10(7-16-8)13(19)18-12-4-3-9(14)6-17-12/h3-7H,1-2H3,(H,15,16)(H,17,18,19). The van der Waals surface area contributed by atoms with Gasteiger partial charge >= 0.3 is 0 Å². The van der Waals surface area contributed by atoms with Crippen molar-refractivity contribution < 1.29 is 9.18 Å². The van der Waals surface area contributed by atoms with Crippen LogP contribution in [0.25, 0.3) is 0 Å². The molecular weight excluding hydrogens is 247 g/mol. The zero-order valence-corrected chi connectivity index (χ0v) is 10.6. The maximum Gasteiger partial charge on any atom is 0.260 e. The van der Waals surface area contributed by atoms with Gasteiger partial charge in [-0.05, 0) is 25.1 Å². The SMILES string of the molecule is CNc1cc(C)ncc1C(=O)Nc1ccc(F)cn1. The molecule has 0 saturated carbocycles. The van der Waals surface area contributed by atoms with Crippen molar-refractivity contribution in [2.75, 3.05) is 17.7 Å². The summed E-state index contributed by atoms with van der Waals surface area (Å²) in [6.07, 6.45) is 2.53. The van der Waals surface area contributed by atoms with Gasteiger partial charge < -0.3 is 10.6 Å². The Labute approximate surface area is 109 Å². The highest BCUT2D eigenvalue weighted by molar-refractivity contribution is 6.07. The Bertz CT molecular complexity index is 598. The number of nitrogens with one attached hydrogen (secondary N) is 2. The van der Waals surface area contributed by atoms with Gasteiger partial charge in [-0.2, -0.15) is 0 Å². The lowest BCUT2D eigenvalue weighted by atomic mass is 10.2. The number of aryl methyl sites for hydroxylation is 1. The lowest BCUT2D eigenvalue weighted by Crippen LogP contribution is -2.15. The number of hydrogen-bond donors (Lipinski definition) is 2. The highest BCUT2D eigenvalue weighted by atomic mass is 19.1. The molecule has 0 spiro atoms. The molecule has 2 N–H and O–H groups in total. The molecule has 2 heterocycles. The lowest BCUT2D eigenvalue weighted by molar-refractivity contribution is 0.102. The Morgan fingerprint density at radius 3 is 2.68 bits per heavy atom. The summed E-state index contributed by atoms with van der Waals surface area (Å²) in [6.45, 7) is 1.84. The van der Waals surface area contributed by atoms with Crippen molar-refractivity contribution in [2.45, 2.75) is 6.92 Å². The molecule has 0 aliphatic rings. The number of aromatic nitrogens is 2. The number of anilines is 2. The third-order valence-corrected chi connectivity index (χ3v) is 2.52. The van der Waals surface area contributed by atoms with Crippen molar-refractivity contribution in [3.05, 3.63) is 47.7 Å². The average molecular weight is 260 g/mol. The number of carbonyl (C=O) groups excluding carboxylic acids is 1. The van der Waals surface area contributed by atoms with E-state index in [0.717, 1.165) is 11.9 Å². The molecule has 1 amide bonds. The normalized spacial score (nSPS) is 10.1. The summed E-state index contributed by atoms with van der Waals surface area (Å²) in [5.74, 6) is -0.518. The number of rotatable bonds is 3. The topological polar surface area (TPSA) is 66.9 Å². The van der Waals surface area contributed by atoms with Gasteiger partial charge in [-0.25, -0.2) is 9.37 Å². The van der Waals surface area contributed by atoms with Gasteiger partial charge in [-0.1, -0.05) is 0 Å². The summed E-state index contributed by atoms with van der Waals surface area (Å²) < 4.78 is 12.7. The maximum absolute atomic E-state index is 12.7. The van der Waals surface area contributed by atoms with Crippen molar-refractivity contribution >= 4 is 17.4 Å². The van der Waals surface area contributed by atoms with Gasteiger partial charge in [0.15, 0.2) is 0 Å². The quantitative estimate of drug-likeness (QED) is 0.888. The van der Waals surface area contributed by atoms with Gasteiger partial charge in [0, 0.05) is 18.9 Å². The molecule has 2 aromatic heterocycles. The number of carbonyl (C=O) groups is 1. The van der Waals surface area contributed by atoms with Crippen LogP contribution in [-0.2, 0) is 0 Å². The van der Waals surface area contributed by atoms with E-state index < -0.39 is 5.82 Å². The Balaban J connectivity index is 2.22. The molecular formula is C13H13FN4O. The fourth-order valence-electron chi connectivity index (χ4n) is 1.58. The van der Waals surface area contributed by atoms with E-state index in [-0.39, 0.29) is 11.7 Å². The van der Waals surface area contributed by atoms with Crippen LogP contribution in [0, 0.1) is 12.7 Å². The summed E-state index contributed by atoms with van der Waals surface area (Å²) in [7, 11) is 1.72. The summed E-state index contributed by atoms with van der Waals surface area (Å²) in [4.78, 5) is 19.9. The molecule has 0 aromatic carbocycles. The first-order valence-corrected chi connectivity index (χ1v) is 5.67. The maximum atomic E-state index is 12.7. The Kier molecular flexibility index (Phi) is 3.70. The zero-order valence-electron chi connectivity index (χ0n) is 10.6. The molecule has 0 fully saturated rings. The van der Waals surface area contributed by atoms with Crippen LogP contribution in [0.4, 0.5) is 15.9 Å². The van der Waals surface area contributed by atoms with Crippen LogP contribution in [0.3, 0.4) is 0 Å². The second-order valence-electron chi connectivity index (χ2n) is 3.94. The highest BCUT2D eigenvalue weighted by Crippen LogP contribution is 2.16. The van der Waals surface area contributed by atoms with Crippen molar-refractivity contribution in [2.24, 2.45) is 0 Å². The van der Waals surface area contributed by atoms with Crippen LogP contribution in [-0.4, -0.2) is 22.9 Å². The van der Waals surface area contributed by atoms with E-state index in [9.17, 15) is 9.18 Å². The minimum Gasteiger partial charge on any atom is -0.387 e. The Morgan fingerprint density at radius 2 is 2.05 bits per heavy atom. The van der Waals surface area contributed by atoms with Crippen LogP contribution >= 0.6 is 0 Å². The molecule has 0 aliphatic heterocycles. The van der Waals surface area contributed by atoms with E-state index in [2.05, 4.69) is 20.6 Å². The molecule has 0 saturated heterocycles.